The van der Waals surface area contributed by atoms with Gasteiger partial charge in [-0.1, -0.05) is 28.9 Å². The van der Waals surface area contributed by atoms with Gasteiger partial charge in [-0.3, -0.25) is 15.3 Å². The van der Waals surface area contributed by atoms with Crippen molar-refractivity contribution in [2.75, 3.05) is 11.6 Å². The van der Waals surface area contributed by atoms with E-state index in [0.29, 0.717) is 24.1 Å². The minimum absolute atomic E-state index is 0.0207. The molecule has 2 atom stereocenters. The highest BCUT2D eigenvalue weighted by atomic mass is 79.9. The zero-order valence-electron chi connectivity index (χ0n) is 17.2. The van der Waals surface area contributed by atoms with Crippen molar-refractivity contribution in [3.63, 3.8) is 0 Å². The molecule has 31 heavy (non-hydrogen) atoms. The molecule has 2 amide bonds. The molecule has 0 heterocycles. The number of phenols is 1. The Kier molecular flexibility index (Phi) is 9.90. The van der Waals surface area contributed by atoms with Crippen LogP contribution in [0.15, 0.2) is 64.0 Å². The van der Waals surface area contributed by atoms with E-state index in [1.54, 1.807) is 42.1 Å². The van der Waals surface area contributed by atoms with Crippen LogP contribution in [0.5, 0.6) is 5.75 Å². The third-order valence-corrected chi connectivity index (χ3v) is 5.79. The largest absolute Gasteiger partial charge is 0.508 e. The predicted octanol–water partition coefficient (Wildman–Crippen LogP) is 5.64. The van der Waals surface area contributed by atoms with Crippen LogP contribution in [0.3, 0.4) is 0 Å². The number of halogens is 1. The van der Waals surface area contributed by atoms with Crippen molar-refractivity contribution in [2.24, 2.45) is 5.92 Å². The Labute approximate surface area is 194 Å². The first-order valence-corrected chi connectivity index (χ1v) is 11.6. The van der Waals surface area contributed by atoms with Crippen molar-refractivity contribution in [1.29, 1.82) is 0 Å². The smallest absolute Gasteiger partial charge is 0.412 e. The van der Waals surface area contributed by atoms with E-state index in [-0.39, 0.29) is 11.7 Å². The molecular formula is C22H25BrN2O5S. The maximum Gasteiger partial charge on any atom is 0.412 e. The number of carbonyl (C=O) groups excluding carboxylic acids is 2. The van der Waals surface area contributed by atoms with Gasteiger partial charge in [-0.25, -0.2) is 10.3 Å². The van der Waals surface area contributed by atoms with Crippen LogP contribution in [0.1, 0.15) is 31.4 Å². The highest BCUT2D eigenvalue weighted by Gasteiger charge is 2.26. The second kappa shape index (κ2) is 12.4. The van der Waals surface area contributed by atoms with E-state index < -0.39 is 18.1 Å². The Bertz CT molecular complexity index is 921. The molecule has 9 heteroatoms. The number of ether oxygens (including phenoxy) is 1. The summed E-state index contributed by atoms with van der Waals surface area (Å²) in [6.45, 7) is 1.89. The molecule has 2 aromatic carbocycles. The summed E-state index contributed by atoms with van der Waals surface area (Å²) in [5.41, 5.74) is 2.61. The Morgan fingerprint density at radius 2 is 1.94 bits per heavy atom. The van der Waals surface area contributed by atoms with E-state index in [0.717, 1.165) is 9.37 Å². The molecule has 0 saturated carbocycles. The maximum absolute atomic E-state index is 12.6. The summed E-state index contributed by atoms with van der Waals surface area (Å²) in [5, 5.41) is 21.6. The monoisotopic (exact) mass is 508 g/mol. The summed E-state index contributed by atoms with van der Waals surface area (Å²) in [4.78, 5) is 24.7. The standard InChI is InChI=1S/C22H25BrN2O5S/c1-14(5-3-4-6-20(27)25-29)21(18-13-15(23)7-12-19(18)26)30-22(28)24-16-8-10-17(31-2)11-9-16/h4,6-14,21,26,29H,3,5H2,1-2H3,(H,24,28)(H,25,27)/b6-4+/t14-,21-/m0/s1. The fourth-order valence-electron chi connectivity index (χ4n) is 2.91. The minimum Gasteiger partial charge on any atom is -0.508 e. The Balaban J connectivity index is 2.14. The molecule has 0 aliphatic heterocycles. The zero-order chi connectivity index (χ0) is 22.8. The molecule has 7 nitrogen and oxygen atoms in total. The normalized spacial score (nSPS) is 12.9. The van der Waals surface area contributed by atoms with Gasteiger partial charge in [0.1, 0.15) is 11.9 Å². The topological polar surface area (TPSA) is 108 Å². The van der Waals surface area contributed by atoms with Crippen LogP contribution < -0.4 is 10.8 Å². The highest BCUT2D eigenvalue weighted by molar-refractivity contribution is 9.10. The number of benzene rings is 2. The fraction of sp³-hybridized carbons (Fsp3) is 0.273. The summed E-state index contributed by atoms with van der Waals surface area (Å²) in [6.07, 6.45) is 4.55. The molecule has 0 aliphatic rings. The van der Waals surface area contributed by atoms with Gasteiger partial charge in [-0.2, -0.15) is 0 Å². The van der Waals surface area contributed by atoms with Gasteiger partial charge in [0.2, 0.25) is 0 Å². The lowest BCUT2D eigenvalue weighted by Gasteiger charge is -2.25. The number of nitrogens with one attached hydrogen (secondary N) is 2. The number of allylic oxidation sites excluding steroid dienone is 1. The Morgan fingerprint density at radius 3 is 2.58 bits per heavy atom. The lowest BCUT2D eigenvalue weighted by atomic mass is 9.92. The number of rotatable bonds is 9. The number of carbonyl (C=O) groups is 2. The predicted molar refractivity (Wildman–Crippen MR) is 124 cm³/mol. The molecule has 4 N–H and O–H groups in total. The van der Waals surface area contributed by atoms with Crippen molar-refractivity contribution in [3.05, 3.63) is 64.7 Å². The summed E-state index contributed by atoms with van der Waals surface area (Å²) >= 11 is 4.99. The number of amides is 2. The first-order valence-electron chi connectivity index (χ1n) is 9.54. The molecule has 2 aromatic rings. The third kappa shape index (κ3) is 7.93. The van der Waals surface area contributed by atoms with E-state index in [1.807, 2.05) is 25.3 Å². The van der Waals surface area contributed by atoms with Crippen molar-refractivity contribution >= 4 is 45.4 Å². The SMILES string of the molecule is CSc1ccc(NC(=O)O[C@H](c2cc(Br)ccc2O)[C@@H](C)CC/C=C/C(=O)NO)cc1. The number of hydrogen-bond acceptors (Lipinski definition) is 6. The molecule has 0 bridgehead atoms. The molecule has 0 aliphatic carbocycles. The molecule has 0 aromatic heterocycles. The number of thioether (sulfide) groups is 1. The van der Waals surface area contributed by atoms with E-state index >= 15 is 0 Å². The van der Waals surface area contributed by atoms with Gasteiger partial charge in [0.05, 0.1) is 0 Å². The van der Waals surface area contributed by atoms with Crippen LogP contribution in [0.4, 0.5) is 10.5 Å². The average molecular weight is 509 g/mol. The molecular weight excluding hydrogens is 484 g/mol. The highest BCUT2D eigenvalue weighted by Crippen LogP contribution is 2.36. The summed E-state index contributed by atoms with van der Waals surface area (Å²) in [7, 11) is 0. The number of aromatic hydroxyl groups is 1. The summed E-state index contributed by atoms with van der Waals surface area (Å²) in [6, 6.07) is 12.3. The van der Waals surface area contributed by atoms with Crippen molar-refractivity contribution in [1.82, 2.24) is 5.48 Å². The Morgan fingerprint density at radius 1 is 1.23 bits per heavy atom. The number of hydroxylamine groups is 1. The van der Waals surface area contributed by atoms with E-state index in [1.165, 1.54) is 17.6 Å². The average Bonchev–Trinajstić information content (AvgIpc) is 2.77. The van der Waals surface area contributed by atoms with Crippen molar-refractivity contribution in [3.8, 4) is 5.75 Å². The van der Waals surface area contributed by atoms with Crippen LogP contribution in [-0.2, 0) is 9.53 Å². The second-order valence-electron chi connectivity index (χ2n) is 6.82. The van der Waals surface area contributed by atoms with Gasteiger partial charge in [0, 0.05) is 26.7 Å². The molecule has 0 fully saturated rings. The Hall–Kier alpha value is -2.49. The molecule has 2 rings (SSSR count). The van der Waals surface area contributed by atoms with Gasteiger partial charge in [-0.05, 0) is 67.5 Å². The van der Waals surface area contributed by atoms with Crippen molar-refractivity contribution in [2.45, 2.75) is 30.8 Å². The van der Waals surface area contributed by atoms with E-state index in [4.69, 9.17) is 9.94 Å². The van der Waals surface area contributed by atoms with Gasteiger partial charge in [-0.15, -0.1) is 11.8 Å². The van der Waals surface area contributed by atoms with E-state index in [2.05, 4.69) is 21.2 Å². The van der Waals surface area contributed by atoms with E-state index in [9.17, 15) is 14.7 Å². The molecule has 0 unspecified atom stereocenters. The minimum atomic E-state index is -0.719. The van der Waals surface area contributed by atoms with Crippen LogP contribution in [-0.4, -0.2) is 28.6 Å². The van der Waals surface area contributed by atoms with Crippen LogP contribution in [0, 0.1) is 5.92 Å². The molecule has 0 spiro atoms. The number of phenolic OH excluding ortho intramolecular Hbond substituents is 1. The number of hydrogen-bond donors (Lipinski definition) is 4. The fourth-order valence-corrected chi connectivity index (χ4v) is 3.70. The van der Waals surface area contributed by atoms with Gasteiger partial charge in [0.25, 0.3) is 5.91 Å². The molecule has 0 radical (unpaired) electrons. The lowest BCUT2D eigenvalue weighted by molar-refractivity contribution is -0.124. The molecule has 166 valence electrons. The van der Waals surface area contributed by atoms with Crippen molar-refractivity contribution < 1.29 is 24.6 Å². The molecule has 0 saturated heterocycles. The van der Waals surface area contributed by atoms with Crippen LogP contribution in [0.2, 0.25) is 0 Å². The summed E-state index contributed by atoms with van der Waals surface area (Å²) < 4.78 is 6.46. The first kappa shape index (κ1) is 24.8. The van der Waals surface area contributed by atoms with Gasteiger partial charge < -0.3 is 9.84 Å². The second-order valence-corrected chi connectivity index (χ2v) is 8.61. The lowest BCUT2D eigenvalue weighted by Crippen LogP contribution is -2.22. The quantitative estimate of drug-likeness (QED) is 0.151. The zero-order valence-corrected chi connectivity index (χ0v) is 19.6. The van der Waals surface area contributed by atoms with Gasteiger partial charge in [0.15, 0.2) is 0 Å². The third-order valence-electron chi connectivity index (χ3n) is 4.55. The van der Waals surface area contributed by atoms with Gasteiger partial charge >= 0.3 is 6.09 Å². The maximum atomic E-state index is 12.6. The number of anilines is 1. The van der Waals surface area contributed by atoms with Crippen LogP contribution in [0.25, 0.3) is 0 Å². The van der Waals surface area contributed by atoms with Crippen LogP contribution >= 0.6 is 27.7 Å². The summed E-state index contributed by atoms with van der Waals surface area (Å²) in [5.74, 6) is -0.768. The first-order chi connectivity index (χ1) is 14.8.